The summed E-state index contributed by atoms with van der Waals surface area (Å²) in [5, 5.41) is 10.8. The highest BCUT2D eigenvalue weighted by molar-refractivity contribution is 8.00. The van der Waals surface area contributed by atoms with E-state index in [9.17, 15) is 4.79 Å². The van der Waals surface area contributed by atoms with Gasteiger partial charge in [-0.05, 0) is 37.6 Å². The number of hydrogen-bond donors (Lipinski definition) is 1. The van der Waals surface area contributed by atoms with Crippen LogP contribution in [0.2, 0.25) is 0 Å². The number of furan rings is 1. The van der Waals surface area contributed by atoms with Crippen molar-refractivity contribution < 1.29 is 23.1 Å². The van der Waals surface area contributed by atoms with Crippen LogP contribution in [0.15, 0.2) is 44.6 Å². The van der Waals surface area contributed by atoms with Gasteiger partial charge in [0, 0.05) is 6.54 Å². The Morgan fingerprint density at radius 3 is 2.68 bits per heavy atom. The molecule has 0 spiro atoms. The number of amides is 1. The molecule has 0 saturated carbocycles. The van der Waals surface area contributed by atoms with Gasteiger partial charge in [0.1, 0.15) is 5.76 Å². The van der Waals surface area contributed by atoms with Gasteiger partial charge in [0.25, 0.3) is 11.1 Å². The summed E-state index contributed by atoms with van der Waals surface area (Å²) in [7, 11) is 3.15. The molecule has 3 aromatic rings. The number of nitrogens with zero attached hydrogens (tertiary/aromatic N) is 2. The van der Waals surface area contributed by atoms with Gasteiger partial charge in [-0.2, -0.15) is 0 Å². The molecule has 0 aliphatic heterocycles. The minimum atomic E-state index is -0.404. The standard InChI is InChI=1S/C19H21N3O5S/c1-11-14(7-8-26-11)18-21-22-19(27-18)28-12(2)17(23)20-10-13-5-6-15(24-3)16(9-13)25-4/h5-9,12H,10H2,1-4H3,(H,20,23)/t12-/m0/s1. The predicted octanol–water partition coefficient (Wildman–Crippen LogP) is 3.45. The summed E-state index contributed by atoms with van der Waals surface area (Å²) in [6.45, 7) is 3.96. The van der Waals surface area contributed by atoms with Gasteiger partial charge < -0.3 is 23.6 Å². The fourth-order valence-corrected chi connectivity index (χ4v) is 3.21. The number of ether oxygens (including phenoxy) is 2. The zero-order valence-electron chi connectivity index (χ0n) is 16.0. The molecular weight excluding hydrogens is 382 g/mol. The zero-order valence-corrected chi connectivity index (χ0v) is 16.8. The lowest BCUT2D eigenvalue weighted by molar-refractivity contribution is -0.120. The Labute approximate surface area is 166 Å². The Balaban J connectivity index is 1.57. The van der Waals surface area contributed by atoms with E-state index >= 15 is 0 Å². The van der Waals surface area contributed by atoms with Gasteiger partial charge in [0.15, 0.2) is 11.5 Å². The van der Waals surface area contributed by atoms with Crippen molar-refractivity contribution in [3.63, 3.8) is 0 Å². The lowest BCUT2D eigenvalue weighted by Gasteiger charge is -2.12. The topological polar surface area (TPSA) is 99.6 Å². The second-order valence-corrected chi connectivity index (χ2v) is 7.22. The van der Waals surface area contributed by atoms with Gasteiger partial charge in [-0.3, -0.25) is 4.79 Å². The molecule has 0 aliphatic carbocycles. The highest BCUT2D eigenvalue weighted by atomic mass is 32.2. The summed E-state index contributed by atoms with van der Waals surface area (Å²) < 4.78 is 21.3. The molecule has 0 unspecified atom stereocenters. The first kappa shape index (κ1) is 19.8. The van der Waals surface area contributed by atoms with E-state index < -0.39 is 5.25 Å². The molecule has 0 saturated heterocycles. The first-order valence-electron chi connectivity index (χ1n) is 8.55. The van der Waals surface area contributed by atoms with E-state index in [0.717, 1.165) is 11.1 Å². The van der Waals surface area contributed by atoms with Gasteiger partial charge in [-0.1, -0.05) is 17.8 Å². The van der Waals surface area contributed by atoms with E-state index in [-0.39, 0.29) is 5.91 Å². The predicted molar refractivity (Wildman–Crippen MR) is 103 cm³/mol. The largest absolute Gasteiger partial charge is 0.493 e. The average Bonchev–Trinajstić information content (AvgIpc) is 3.34. The van der Waals surface area contributed by atoms with Gasteiger partial charge in [-0.15, -0.1) is 10.2 Å². The highest BCUT2D eigenvalue weighted by Gasteiger charge is 2.20. The Bertz CT molecular complexity index is 953. The van der Waals surface area contributed by atoms with Crippen LogP contribution in [0, 0.1) is 6.92 Å². The minimum Gasteiger partial charge on any atom is -0.493 e. The Hall–Kier alpha value is -2.94. The highest BCUT2D eigenvalue weighted by Crippen LogP contribution is 2.29. The van der Waals surface area contributed by atoms with Crippen molar-refractivity contribution in [3.8, 4) is 23.0 Å². The van der Waals surface area contributed by atoms with Crippen LogP contribution in [0.5, 0.6) is 11.5 Å². The van der Waals surface area contributed by atoms with Crippen molar-refractivity contribution in [3.05, 3.63) is 41.9 Å². The molecule has 9 heteroatoms. The number of hydrogen-bond acceptors (Lipinski definition) is 8. The molecular formula is C19H21N3O5S. The summed E-state index contributed by atoms with van der Waals surface area (Å²) >= 11 is 1.20. The van der Waals surface area contributed by atoms with E-state index in [1.165, 1.54) is 11.8 Å². The third kappa shape index (κ3) is 4.48. The van der Waals surface area contributed by atoms with Crippen molar-refractivity contribution in [2.24, 2.45) is 0 Å². The second kappa shape index (κ2) is 8.83. The van der Waals surface area contributed by atoms with Crippen molar-refractivity contribution in [2.45, 2.75) is 30.9 Å². The molecule has 1 amide bonds. The Morgan fingerprint density at radius 1 is 1.21 bits per heavy atom. The molecule has 0 aliphatic rings. The number of benzene rings is 1. The molecule has 1 aromatic carbocycles. The molecule has 0 bridgehead atoms. The Kier molecular flexibility index (Phi) is 6.25. The number of rotatable bonds is 8. The SMILES string of the molecule is COc1ccc(CNC(=O)[C@H](C)Sc2nnc(-c3ccoc3C)o2)cc1OC. The van der Waals surface area contributed by atoms with Gasteiger partial charge in [-0.25, -0.2) is 0 Å². The third-order valence-electron chi connectivity index (χ3n) is 4.06. The maximum Gasteiger partial charge on any atom is 0.277 e. The molecule has 0 fully saturated rings. The molecule has 148 valence electrons. The number of aromatic nitrogens is 2. The molecule has 28 heavy (non-hydrogen) atoms. The maximum absolute atomic E-state index is 12.4. The van der Waals surface area contributed by atoms with Gasteiger partial charge in [0.05, 0.1) is 31.3 Å². The average molecular weight is 403 g/mol. The number of aryl methyl sites for hydroxylation is 1. The number of carbonyl (C=O) groups is 1. The van der Waals surface area contributed by atoms with Crippen LogP contribution in [0.25, 0.3) is 11.5 Å². The van der Waals surface area contributed by atoms with Crippen molar-refractivity contribution >= 4 is 17.7 Å². The van der Waals surface area contributed by atoms with E-state index in [2.05, 4.69) is 15.5 Å². The third-order valence-corrected chi connectivity index (χ3v) is 4.99. The molecule has 1 N–H and O–H groups in total. The second-order valence-electron chi connectivity index (χ2n) is 5.93. The van der Waals surface area contributed by atoms with Crippen LogP contribution in [0.3, 0.4) is 0 Å². The molecule has 1 atom stereocenters. The number of methoxy groups -OCH3 is 2. The maximum atomic E-state index is 12.4. The Morgan fingerprint density at radius 2 is 2.00 bits per heavy atom. The lowest BCUT2D eigenvalue weighted by atomic mass is 10.2. The van der Waals surface area contributed by atoms with Crippen LogP contribution in [0.1, 0.15) is 18.2 Å². The van der Waals surface area contributed by atoms with Crippen LogP contribution in [-0.2, 0) is 11.3 Å². The van der Waals surface area contributed by atoms with Crippen LogP contribution >= 0.6 is 11.8 Å². The van der Waals surface area contributed by atoms with Gasteiger partial charge in [0.2, 0.25) is 5.91 Å². The zero-order chi connectivity index (χ0) is 20.1. The first-order chi connectivity index (χ1) is 13.5. The quantitative estimate of drug-likeness (QED) is 0.571. The minimum absolute atomic E-state index is 0.140. The van der Waals surface area contributed by atoms with Crippen molar-refractivity contribution in [1.82, 2.24) is 15.5 Å². The smallest absolute Gasteiger partial charge is 0.277 e. The van der Waals surface area contributed by atoms with Crippen LogP contribution in [0.4, 0.5) is 0 Å². The fraction of sp³-hybridized carbons (Fsp3) is 0.316. The normalized spacial score (nSPS) is 11.9. The van der Waals surface area contributed by atoms with Crippen LogP contribution < -0.4 is 14.8 Å². The summed E-state index contributed by atoms with van der Waals surface area (Å²) in [6.07, 6.45) is 1.56. The first-order valence-corrected chi connectivity index (χ1v) is 9.43. The fourth-order valence-electron chi connectivity index (χ4n) is 2.50. The molecule has 0 radical (unpaired) electrons. The molecule has 3 rings (SSSR count). The number of carbonyl (C=O) groups excluding carboxylic acids is 1. The summed E-state index contributed by atoms with van der Waals surface area (Å²) in [4.78, 5) is 12.4. The molecule has 8 nitrogen and oxygen atoms in total. The molecule has 2 heterocycles. The van der Waals surface area contributed by atoms with E-state index in [1.54, 1.807) is 39.5 Å². The summed E-state index contributed by atoms with van der Waals surface area (Å²) in [5.74, 6) is 2.18. The number of thioether (sulfide) groups is 1. The van der Waals surface area contributed by atoms with Crippen molar-refractivity contribution in [1.29, 1.82) is 0 Å². The number of nitrogens with one attached hydrogen (secondary N) is 1. The van der Waals surface area contributed by atoms with Crippen LogP contribution in [-0.4, -0.2) is 35.6 Å². The van der Waals surface area contributed by atoms with E-state index in [0.29, 0.717) is 34.9 Å². The monoisotopic (exact) mass is 403 g/mol. The summed E-state index contributed by atoms with van der Waals surface area (Å²) in [6, 6.07) is 7.26. The van der Waals surface area contributed by atoms with Crippen molar-refractivity contribution in [2.75, 3.05) is 14.2 Å². The molecule has 2 aromatic heterocycles. The lowest BCUT2D eigenvalue weighted by Crippen LogP contribution is -2.30. The summed E-state index contributed by atoms with van der Waals surface area (Å²) in [5.41, 5.74) is 1.64. The van der Waals surface area contributed by atoms with Gasteiger partial charge >= 0.3 is 0 Å². The van der Waals surface area contributed by atoms with E-state index in [1.807, 2.05) is 19.1 Å². The van der Waals surface area contributed by atoms with E-state index in [4.69, 9.17) is 18.3 Å².